The van der Waals surface area contributed by atoms with Crippen molar-refractivity contribution in [2.24, 2.45) is 0 Å². The number of nitrogens with zero attached hydrogens (tertiary/aromatic N) is 4. The van der Waals surface area contributed by atoms with Crippen LogP contribution in [0.2, 0.25) is 5.02 Å². The van der Waals surface area contributed by atoms with Gasteiger partial charge in [0.25, 0.3) is 0 Å². The number of carbonyl (C=O) groups is 1. The summed E-state index contributed by atoms with van der Waals surface area (Å²) in [5.74, 6) is 0.677. The van der Waals surface area contributed by atoms with Crippen molar-refractivity contribution in [3.8, 4) is 5.75 Å². The Morgan fingerprint density at radius 1 is 1.09 bits per heavy atom. The molecule has 3 heterocycles. The van der Waals surface area contributed by atoms with Crippen LogP contribution in [0.15, 0.2) is 47.4 Å². The highest BCUT2D eigenvalue weighted by atomic mass is 35.5. The maximum absolute atomic E-state index is 13.4. The van der Waals surface area contributed by atoms with Crippen LogP contribution in [-0.2, 0) is 14.8 Å². The second kappa shape index (κ2) is 9.33. The molecule has 2 aliphatic rings. The number of hydrogen-bond donors (Lipinski definition) is 0. The fourth-order valence-electron chi connectivity index (χ4n) is 4.50. The van der Waals surface area contributed by atoms with Gasteiger partial charge in [-0.1, -0.05) is 22.9 Å². The minimum Gasteiger partial charge on any atom is -0.497 e. The lowest BCUT2D eigenvalue weighted by Gasteiger charge is -2.37. The van der Waals surface area contributed by atoms with Gasteiger partial charge in [0.05, 0.1) is 22.2 Å². The monoisotopic (exact) mass is 520 g/mol. The van der Waals surface area contributed by atoms with Crippen molar-refractivity contribution >= 4 is 54.2 Å². The van der Waals surface area contributed by atoms with Crippen LogP contribution in [0, 0.1) is 0 Å². The number of sulfonamides is 1. The number of fused-ring (bicyclic) bond motifs is 1. The van der Waals surface area contributed by atoms with Gasteiger partial charge in [0.15, 0.2) is 5.13 Å². The number of carbonyl (C=O) groups excluding carboxylic acids is 1. The first-order valence-corrected chi connectivity index (χ1v) is 13.8. The quantitative estimate of drug-likeness (QED) is 0.512. The zero-order valence-corrected chi connectivity index (χ0v) is 21.1. The Morgan fingerprint density at radius 2 is 1.82 bits per heavy atom. The van der Waals surface area contributed by atoms with Gasteiger partial charge < -0.3 is 14.5 Å². The second-order valence-electron chi connectivity index (χ2n) is 8.37. The van der Waals surface area contributed by atoms with E-state index in [1.165, 1.54) is 16.4 Å². The lowest BCUT2D eigenvalue weighted by Crippen LogP contribution is -2.54. The zero-order valence-electron chi connectivity index (χ0n) is 18.7. The third-order valence-corrected chi connectivity index (χ3v) is 9.61. The molecule has 0 radical (unpaired) electrons. The van der Waals surface area contributed by atoms with Crippen LogP contribution in [0.1, 0.15) is 12.8 Å². The van der Waals surface area contributed by atoms with E-state index in [4.69, 9.17) is 21.3 Å². The molecule has 1 aromatic heterocycles. The number of hydrogen-bond acceptors (Lipinski definition) is 7. The van der Waals surface area contributed by atoms with Crippen molar-refractivity contribution in [3.05, 3.63) is 47.5 Å². The van der Waals surface area contributed by atoms with Gasteiger partial charge in [-0.05, 0) is 55.3 Å². The maximum Gasteiger partial charge on any atom is 0.243 e. The summed E-state index contributed by atoms with van der Waals surface area (Å²) in [5, 5.41) is 1.39. The van der Waals surface area contributed by atoms with Crippen LogP contribution in [0.5, 0.6) is 5.75 Å². The fourth-order valence-corrected chi connectivity index (χ4v) is 7.32. The summed E-state index contributed by atoms with van der Waals surface area (Å²) in [6, 6.07) is 11.2. The smallest absolute Gasteiger partial charge is 0.243 e. The summed E-state index contributed by atoms with van der Waals surface area (Å²) in [4.78, 5) is 22.2. The maximum atomic E-state index is 13.4. The van der Waals surface area contributed by atoms with Crippen molar-refractivity contribution in [3.63, 3.8) is 0 Å². The molecule has 2 saturated heterocycles. The van der Waals surface area contributed by atoms with Gasteiger partial charge in [-0.15, -0.1) is 0 Å². The predicted molar refractivity (Wildman–Crippen MR) is 133 cm³/mol. The normalized spacial score (nSPS) is 19.6. The van der Waals surface area contributed by atoms with Gasteiger partial charge in [0.1, 0.15) is 11.8 Å². The molecule has 0 bridgehead atoms. The first-order valence-electron chi connectivity index (χ1n) is 11.1. The van der Waals surface area contributed by atoms with E-state index in [2.05, 4.69) is 4.90 Å². The highest BCUT2D eigenvalue weighted by Gasteiger charge is 2.41. The lowest BCUT2D eigenvalue weighted by molar-refractivity contribution is -0.134. The largest absolute Gasteiger partial charge is 0.497 e. The van der Waals surface area contributed by atoms with E-state index in [1.54, 1.807) is 35.5 Å². The summed E-state index contributed by atoms with van der Waals surface area (Å²) in [7, 11) is -2.12. The molecule has 34 heavy (non-hydrogen) atoms. The minimum absolute atomic E-state index is 0.122. The van der Waals surface area contributed by atoms with Crippen LogP contribution < -0.4 is 9.64 Å². The lowest BCUT2D eigenvalue weighted by atomic mass is 10.2. The van der Waals surface area contributed by atoms with Crippen LogP contribution in [0.4, 0.5) is 5.13 Å². The number of piperazine rings is 1. The average molecular weight is 521 g/mol. The summed E-state index contributed by atoms with van der Waals surface area (Å²) in [5.41, 5.74) is 0.924. The molecular weight excluding hydrogens is 496 g/mol. The first kappa shape index (κ1) is 23.3. The van der Waals surface area contributed by atoms with E-state index in [0.29, 0.717) is 50.6 Å². The molecule has 1 unspecified atom stereocenters. The molecule has 0 aliphatic carbocycles. The van der Waals surface area contributed by atoms with Gasteiger partial charge in [0, 0.05) is 37.7 Å². The third kappa shape index (κ3) is 4.35. The van der Waals surface area contributed by atoms with Crippen LogP contribution >= 0.6 is 22.9 Å². The van der Waals surface area contributed by atoms with E-state index in [0.717, 1.165) is 21.1 Å². The number of amides is 1. The van der Waals surface area contributed by atoms with Gasteiger partial charge >= 0.3 is 0 Å². The Bertz CT molecular complexity index is 1300. The number of halogens is 1. The van der Waals surface area contributed by atoms with Crippen molar-refractivity contribution < 1.29 is 17.9 Å². The Labute approximate surface area is 207 Å². The molecular formula is C23H25ClN4O4S2. The van der Waals surface area contributed by atoms with Crippen molar-refractivity contribution in [2.45, 2.75) is 23.8 Å². The third-order valence-electron chi connectivity index (χ3n) is 6.36. The summed E-state index contributed by atoms with van der Waals surface area (Å²) >= 11 is 7.52. The molecule has 5 rings (SSSR count). The van der Waals surface area contributed by atoms with E-state index < -0.39 is 16.1 Å². The molecule has 1 amide bonds. The van der Waals surface area contributed by atoms with Gasteiger partial charge in [-0.25, -0.2) is 13.4 Å². The number of anilines is 1. The Morgan fingerprint density at radius 3 is 2.53 bits per heavy atom. The second-order valence-corrected chi connectivity index (χ2v) is 11.7. The molecule has 0 saturated carbocycles. The predicted octanol–water partition coefficient (Wildman–Crippen LogP) is 3.46. The number of methoxy groups -OCH3 is 1. The van der Waals surface area contributed by atoms with E-state index in [1.807, 2.05) is 18.2 Å². The van der Waals surface area contributed by atoms with E-state index in [-0.39, 0.29) is 10.8 Å². The molecule has 0 N–H and O–H groups in total. The minimum atomic E-state index is -3.76. The summed E-state index contributed by atoms with van der Waals surface area (Å²) < 4.78 is 34.1. The number of rotatable bonds is 5. The standard InChI is InChI=1S/C23H25ClN4O4S2/c1-32-17-6-9-19-21(15-17)33-23(25-19)27-13-11-26(12-14-27)22(29)20-3-2-10-28(20)34(30,31)18-7-4-16(24)5-8-18/h4-9,15,20H,2-3,10-14H2,1H3. The number of benzene rings is 2. The topological polar surface area (TPSA) is 83.1 Å². The highest BCUT2D eigenvalue weighted by Crippen LogP contribution is 2.33. The Balaban J connectivity index is 1.26. The molecule has 8 nitrogen and oxygen atoms in total. The number of thiazole rings is 1. The van der Waals surface area contributed by atoms with Crippen molar-refractivity contribution in [1.82, 2.24) is 14.2 Å². The first-order chi connectivity index (χ1) is 16.4. The molecule has 1 atom stereocenters. The average Bonchev–Trinajstić information content (AvgIpc) is 3.51. The molecule has 2 fully saturated rings. The fraction of sp³-hybridized carbons (Fsp3) is 0.391. The highest BCUT2D eigenvalue weighted by molar-refractivity contribution is 7.89. The summed E-state index contributed by atoms with van der Waals surface area (Å²) in [6.07, 6.45) is 1.20. The molecule has 0 spiro atoms. The number of aromatic nitrogens is 1. The molecule has 11 heteroatoms. The Kier molecular flexibility index (Phi) is 6.41. The molecule has 2 aliphatic heterocycles. The summed E-state index contributed by atoms with van der Waals surface area (Å²) in [6.45, 7) is 2.71. The SMILES string of the molecule is COc1ccc2nc(N3CCN(C(=O)C4CCCN4S(=O)(=O)c4ccc(Cl)cc4)CC3)sc2c1. The van der Waals surface area contributed by atoms with Crippen LogP contribution in [0.3, 0.4) is 0 Å². The van der Waals surface area contributed by atoms with Gasteiger partial charge in [-0.3, -0.25) is 4.79 Å². The van der Waals surface area contributed by atoms with E-state index in [9.17, 15) is 13.2 Å². The molecule has 2 aromatic carbocycles. The molecule has 3 aromatic rings. The van der Waals surface area contributed by atoms with Gasteiger partial charge in [0.2, 0.25) is 15.9 Å². The van der Waals surface area contributed by atoms with Crippen molar-refractivity contribution in [1.29, 1.82) is 0 Å². The molecule has 180 valence electrons. The Hall–Kier alpha value is -2.40. The van der Waals surface area contributed by atoms with Crippen LogP contribution in [0.25, 0.3) is 10.2 Å². The van der Waals surface area contributed by atoms with E-state index >= 15 is 0 Å². The number of ether oxygens (including phenoxy) is 1. The van der Waals surface area contributed by atoms with Crippen LogP contribution in [-0.4, -0.2) is 74.4 Å². The zero-order chi connectivity index (χ0) is 23.9. The van der Waals surface area contributed by atoms with Crippen molar-refractivity contribution in [2.75, 3.05) is 44.7 Å². The van der Waals surface area contributed by atoms with Gasteiger partial charge in [-0.2, -0.15) is 4.31 Å².